The SMILES string of the molecule is CCOc1cc([C@@H]2NC(=O)NC(C)=C2C(=O)OC)ccc1OC[C@@H](O)N/N=C\c1ccccc1OC. The van der Waals surface area contributed by atoms with Gasteiger partial charge in [0.1, 0.15) is 12.4 Å². The van der Waals surface area contributed by atoms with Gasteiger partial charge in [-0.25, -0.2) is 9.59 Å². The summed E-state index contributed by atoms with van der Waals surface area (Å²) in [5.74, 6) is 0.844. The third-order valence-corrected chi connectivity index (χ3v) is 5.24. The molecule has 11 heteroatoms. The van der Waals surface area contributed by atoms with E-state index in [1.807, 2.05) is 25.1 Å². The first-order valence-electron chi connectivity index (χ1n) is 11.2. The number of aliphatic hydroxyl groups is 1. The third kappa shape index (κ3) is 6.45. The first-order valence-corrected chi connectivity index (χ1v) is 11.2. The van der Waals surface area contributed by atoms with Crippen LogP contribution in [0.2, 0.25) is 0 Å². The molecule has 2 aromatic carbocycles. The fraction of sp³-hybridized carbons (Fsp3) is 0.320. The van der Waals surface area contributed by atoms with Crippen LogP contribution >= 0.6 is 0 Å². The molecule has 1 aliphatic rings. The molecule has 0 aromatic heterocycles. The topological polar surface area (TPSA) is 140 Å². The zero-order valence-electron chi connectivity index (χ0n) is 20.5. The summed E-state index contributed by atoms with van der Waals surface area (Å²) in [7, 11) is 2.84. The molecule has 0 saturated heterocycles. The molecule has 0 saturated carbocycles. The number of rotatable bonds is 11. The summed E-state index contributed by atoms with van der Waals surface area (Å²) in [5.41, 5.74) is 4.62. The highest BCUT2D eigenvalue weighted by molar-refractivity contribution is 5.95. The Balaban J connectivity index is 1.71. The lowest BCUT2D eigenvalue weighted by Crippen LogP contribution is -2.45. The van der Waals surface area contributed by atoms with Crippen molar-refractivity contribution in [3.63, 3.8) is 0 Å². The second kappa shape index (κ2) is 12.5. The number of methoxy groups -OCH3 is 2. The van der Waals surface area contributed by atoms with E-state index >= 15 is 0 Å². The molecule has 0 bridgehead atoms. The van der Waals surface area contributed by atoms with E-state index in [-0.39, 0.29) is 12.2 Å². The van der Waals surface area contributed by atoms with E-state index in [0.717, 1.165) is 5.56 Å². The van der Waals surface area contributed by atoms with Crippen LogP contribution in [0.15, 0.2) is 58.8 Å². The standard InChI is InChI=1S/C25H30N4O7/c1-5-35-20-12-16(23-22(24(31)34-4)15(2)27-25(32)28-23)10-11-19(20)36-14-21(30)29-26-13-17-8-6-7-9-18(17)33-3/h6-13,21,23,29-30H,5,14H2,1-4H3,(H2,27,28,32)/b26-13-/t21-,23+/m1/s1. The van der Waals surface area contributed by atoms with E-state index in [4.69, 9.17) is 18.9 Å². The summed E-state index contributed by atoms with van der Waals surface area (Å²) in [6.45, 7) is 3.67. The van der Waals surface area contributed by atoms with Gasteiger partial charge in [-0.1, -0.05) is 18.2 Å². The number of esters is 1. The fourth-order valence-corrected chi connectivity index (χ4v) is 3.59. The molecule has 2 aromatic rings. The number of carbonyl (C=O) groups excluding carboxylic acids is 2. The molecule has 0 aliphatic carbocycles. The monoisotopic (exact) mass is 498 g/mol. The van der Waals surface area contributed by atoms with Crippen LogP contribution in [0.4, 0.5) is 4.79 Å². The minimum atomic E-state index is -1.11. The number of urea groups is 1. The number of benzene rings is 2. The van der Waals surface area contributed by atoms with E-state index in [2.05, 4.69) is 21.2 Å². The van der Waals surface area contributed by atoms with Gasteiger partial charge in [0.2, 0.25) is 0 Å². The van der Waals surface area contributed by atoms with Crippen molar-refractivity contribution < 1.29 is 33.6 Å². The molecule has 36 heavy (non-hydrogen) atoms. The van der Waals surface area contributed by atoms with E-state index in [9.17, 15) is 14.7 Å². The van der Waals surface area contributed by atoms with Crippen molar-refractivity contribution in [1.29, 1.82) is 0 Å². The molecule has 1 aliphatic heterocycles. The lowest BCUT2D eigenvalue weighted by Gasteiger charge is -2.28. The van der Waals surface area contributed by atoms with Gasteiger partial charge in [0, 0.05) is 11.3 Å². The average Bonchev–Trinajstić information content (AvgIpc) is 2.87. The normalized spacial score (nSPS) is 16.1. The number of allylic oxidation sites excluding steroid dienone is 1. The van der Waals surface area contributed by atoms with E-state index in [0.29, 0.717) is 35.1 Å². The van der Waals surface area contributed by atoms with Gasteiger partial charge in [0.05, 0.1) is 38.7 Å². The maximum atomic E-state index is 12.4. The minimum Gasteiger partial charge on any atom is -0.496 e. The van der Waals surface area contributed by atoms with Crippen molar-refractivity contribution >= 4 is 18.2 Å². The van der Waals surface area contributed by atoms with Gasteiger partial charge in [-0.15, -0.1) is 0 Å². The van der Waals surface area contributed by atoms with Crippen molar-refractivity contribution in [2.45, 2.75) is 26.1 Å². The van der Waals surface area contributed by atoms with Crippen LogP contribution in [0.5, 0.6) is 17.2 Å². The Morgan fingerprint density at radius 2 is 1.94 bits per heavy atom. The lowest BCUT2D eigenvalue weighted by atomic mass is 9.95. The van der Waals surface area contributed by atoms with Gasteiger partial charge < -0.3 is 34.7 Å². The number of amides is 2. The lowest BCUT2D eigenvalue weighted by molar-refractivity contribution is -0.136. The first-order chi connectivity index (χ1) is 17.4. The predicted octanol–water partition coefficient (Wildman–Crippen LogP) is 2.22. The van der Waals surface area contributed by atoms with Crippen LogP contribution in [0.1, 0.15) is 31.0 Å². The maximum Gasteiger partial charge on any atom is 0.337 e. The summed E-state index contributed by atoms with van der Waals surface area (Å²) in [6, 6.07) is 11.2. The van der Waals surface area contributed by atoms with Gasteiger partial charge in [0.25, 0.3) is 0 Å². The molecule has 11 nitrogen and oxygen atoms in total. The summed E-state index contributed by atoms with van der Waals surface area (Å²) in [6.07, 6.45) is 0.426. The Morgan fingerprint density at radius 1 is 1.17 bits per heavy atom. The van der Waals surface area contributed by atoms with Gasteiger partial charge in [0.15, 0.2) is 17.7 Å². The molecule has 3 rings (SSSR count). The van der Waals surface area contributed by atoms with Crippen LogP contribution in [0.25, 0.3) is 0 Å². The molecule has 2 amide bonds. The Bertz CT molecular complexity index is 1150. The molecule has 0 spiro atoms. The fourth-order valence-electron chi connectivity index (χ4n) is 3.59. The molecular weight excluding hydrogens is 468 g/mol. The van der Waals surface area contributed by atoms with Crippen LogP contribution in [-0.2, 0) is 9.53 Å². The number of nitrogens with zero attached hydrogens (tertiary/aromatic N) is 1. The largest absolute Gasteiger partial charge is 0.496 e. The third-order valence-electron chi connectivity index (χ3n) is 5.24. The molecule has 4 N–H and O–H groups in total. The Hall–Kier alpha value is -4.25. The second-order valence-corrected chi connectivity index (χ2v) is 7.66. The van der Waals surface area contributed by atoms with Crippen LogP contribution in [0.3, 0.4) is 0 Å². The quantitative estimate of drug-likeness (QED) is 0.160. The number of hydrogen-bond acceptors (Lipinski definition) is 9. The van der Waals surface area contributed by atoms with Crippen LogP contribution in [-0.4, -0.2) is 57.0 Å². The van der Waals surface area contributed by atoms with E-state index < -0.39 is 24.3 Å². The molecule has 192 valence electrons. The van der Waals surface area contributed by atoms with E-state index in [1.165, 1.54) is 13.3 Å². The van der Waals surface area contributed by atoms with Crippen molar-refractivity contribution in [2.24, 2.45) is 5.10 Å². The number of hydrazone groups is 1. The molecule has 2 atom stereocenters. The Morgan fingerprint density at radius 3 is 2.67 bits per heavy atom. The van der Waals surface area contributed by atoms with E-state index in [1.54, 1.807) is 38.3 Å². The molecule has 0 unspecified atom stereocenters. The van der Waals surface area contributed by atoms with Crippen molar-refractivity contribution in [3.8, 4) is 17.2 Å². The summed E-state index contributed by atoms with van der Waals surface area (Å²) in [4.78, 5) is 24.4. The molecule has 0 radical (unpaired) electrons. The summed E-state index contributed by atoms with van der Waals surface area (Å²) < 4.78 is 21.6. The van der Waals surface area contributed by atoms with Gasteiger partial charge in [-0.2, -0.15) is 5.10 Å². The number of para-hydroxylation sites is 1. The summed E-state index contributed by atoms with van der Waals surface area (Å²) >= 11 is 0. The molecule has 1 heterocycles. The van der Waals surface area contributed by atoms with Crippen LogP contribution in [0, 0.1) is 0 Å². The highest BCUT2D eigenvalue weighted by Gasteiger charge is 2.32. The smallest absolute Gasteiger partial charge is 0.337 e. The number of aliphatic hydroxyl groups excluding tert-OH is 1. The van der Waals surface area contributed by atoms with Crippen molar-refractivity contribution in [1.82, 2.24) is 16.1 Å². The Kier molecular flexibility index (Phi) is 9.12. The number of hydrogen-bond donors (Lipinski definition) is 4. The van der Waals surface area contributed by atoms with Crippen molar-refractivity contribution in [2.75, 3.05) is 27.4 Å². The molecule has 0 fully saturated rings. The number of carbonyl (C=O) groups is 2. The van der Waals surface area contributed by atoms with Gasteiger partial charge in [-0.3, -0.25) is 5.43 Å². The zero-order chi connectivity index (χ0) is 26.1. The predicted molar refractivity (Wildman–Crippen MR) is 132 cm³/mol. The maximum absolute atomic E-state index is 12.4. The summed E-state index contributed by atoms with van der Waals surface area (Å²) in [5, 5.41) is 19.6. The minimum absolute atomic E-state index is 0.126. The highest BCUT2D eigenvalue weighted by Crippen LogP contribution is 2.34. The zero-order valence-corrected chi connectivity index (χ0v) is 20.5. The molecular formula is C25H30N4O7. The van der Waals surface area contributed by atoms with Crippen molar-refractivity contribution in [3.05, 3.63) is 64.9 Å². The first kappa shape index (κ1) is 26.4. The second-order valence-electron chi connectivity index (χ2n) is 7.66. The number of nitrogens with one attached hydrogen (secondary N) is 3. The average molecular weight is 499 g/mol. The Labute approximate surface area is 209 Å². The van der Waals surface area contributed by atoms with Crippen LogP contribution < -0.4 is 30.3 Å². The van der Waals surface area contributed by atoms with Gasteiger partial charge in [-0.05, 0) is 43.7 Å². The van der Waals surface area contributed by atoms with Gasteiger partial charge >= 0.3 is 12.0 Å². The number of ether oxygens (including phenoxy) is 4. The highest BCUT2D eigenvalue weighted by atomic mass is 16.5.